The smallest absolute Gasteiger partial charge is 0.287 e. The topological polar surface area (TPSA) is 97.5 Å². The van der Waals surface area contributed by atoms with E-state index in [0.717, 1.165) is 21.0 Å². The van der Waals surface area contributed by atoms with Gasteiger partial charge >= 0.3 is 0 Å². The third-order valence-corrected chi connectivity index (χ3v) is 3.66. The molecule has 2 aromatic rings. The van der Waals surface area contributed by atoms with E-state index in [1.807, 2.05) is 19.1 Å². The number of aryl methyl sites for hydroxylation is 1. The lowest BCUT2D eigenvalue weighted by Gasteiger charge is -2.00. The van der Waals surface area contributed by atoms with Gasteiger partial charge in [0.25, 0.3) is 10.1 Å². The van der Waals surface area contributed by atoms with E-state index in [2.05, 4.69) is 15.9 Å². The molecule has 0 aromatic heterocycles. The van der Waals surface area contributed by atoms with Gasteiger partial charge in [0.1, 0.15) is 0 Å². The summed E-state index contributed by atoms with van der Waals surface area (Å²) in [6.07, 6.45) is 1.33. The second-order valence-corrected chi connectivity index (χ2v) is 6.77. The lowest BCUT2D eigenvalue weighted by Crippen LogP contribution is -2.12. The first-order valence-electron chi connectivity index (χ1n) is 6.45. The van der Waals surface area contributed by atoms with Crippen LogP contribution in [0.2, 0.25) is 0 Å². The number of halogens is 1. The number of primary amides is 1. The van der Waals surface area contributed by atoms with Crippen molar-refractivity contribution >= 4 is 38.0 Å². The molecule has 7 heteroatoms. The normalized spacial score (nSPS) is 10.9. The molecule has 0 radical (unpaired) electrons. The van der Waals surface area contributed by atoms with E-state index in [9.17, 15) is 13.2 Å². The molecule has 3 N–H and O–H groups in total. The monoisotopic (exact) mass is 397 g/mol. The summed E-state index contributed by atoms with van der Waals surface area (Å²) in [7, 11) is -4.00. The van der Waals surface area contributed by atoms with Gasteiger partial charge in [0.2, 0.25) is 5.91 Å². The first-order chi connectivity index (χ1) is 10.7. The van der Waals surface area contributed by atoms with Crippen LogP contribution in [-0.2, 0) is 10.1 Å². The highest BCUT2D eigenvalue weighted by Crippen LogP contribution is 2.14. The second-order valence-electron chi connectivity index (χ2n) is 4.55. The number of carbonyl (C=O) groups excluding carboxylic acids is 1. The van der Waals surface area contributed by atoms with Gasteiger partial charge in [-0.15, -0.1) is 0 Å². The summed E-state index contributed by atoms with van der Waals surface area (Å²) < 4.78 is 29.9. The van der Waals surface area contributed by atoms with E-state index >= 15 is 0 Å². The average Bonchev–Trinajstić information content (AvgIpc) is 2.46. The summed E-state index contributed by atoms with van der Waals surface area (Å²) in [5.74, 6) is -0.380. The van der Waals surface area contributed by atoms with Crippen LogP contribution >= 0.6 is 15.9 Å². The molecule has 0 aliphatic heterocycles. The van der Waals surface area contributed by atoms with Gasteiger partial charge in [-0.05, 0) is 42.3 Å². The SMILES string of the molecule is Cc1cc(Br)ccc1C(N)=O.O=S(=O)(O)C=Cc1ccccc1. The van der Waals surface area contributed by atoms with Crippen molar-refractivity contribution in [3.8, 4) is 0 Å². The molecule has 1 amide bonds. The van der Waals surface area contributed by atoms with Crippen LogP contribution in [0.1, 0.15) is 21.5 Å². The number of carbonyl (C=O) groups is 1. The lowest BCUT2D eigenvalue weighted by atomic mass is 10.1. The number of nitrogens with two attached hydrogens (primary N) is 1. The molecule has 23 heavy (non-hydrogen) atoms. The Bertz CT molecular complexity index is 802. The molecule has 0 aliphatic rings. The van der Waals surface area contributed by atoms with Gasteiger partial charge in [-0.3, -0.25) is 9.35 Å². The second kappa shape index (κ2) is 8.61. The van der Waals surface area contributed by atoms with Gasteiger partial charge in [0, 0.05) is 10.0 Å². The Kier molecular flexibility index (Phi) is 7.15. The van der Waals surface area contributed by atoms with Crippen molar-refractivity contribution in [3.05, 3.63) is 75.1 Å². The number of benzene rings is 2. The van der Waals surface area contributed by atoms with Crippen LogP contribution in [0, 0.1) is 6.92 Å². The van der Waals surface area contributed by atoms with Crippen LogP contribution in [0.15, 0.2) is 58.4 Å². The fourth-order valence-corrected chi connectivity index (χ4v) is 2.44. The molecule has 0 spiro atoms. The minimum Gasteiger partial charge on any atom is -0.366 e. The maximum absolute atomic E-state index is 10.7. The predicted octanol–water partition coefficient (Wildman–Crippen LogP) is 3.40. The van der Waals surface area contributed by atoms with E-state index in [1.54, 1.807) is 36.4 Å². The summed E-state index contributed by atoms with van der Waals surface area (Å²) in [6.45, 7) is 1.85. The van der Waals surface area contributed by atoms with E-state index in [-0.39, 0.29) is 5.91 Å². The zero-order valence-corrected chi connectivity index (χ0v) is 14.7. The van der Waals surface area contributed by atoms with E-state index in [4.69, 9.17) is 10.3 Å². The highest BCUT2D eigenvalue weighted by molar-refractivity contribution is 9.10. The maximum atomic E-state index is 10.7. The molecule has 0 saturated carbocycles. The van der Waals surface area contributed by atoms with E-state index in [1.165, 1.54) is 6.08 Å². The molecular formula is C16H16BrNO4S. The third-order valence-electron chi connectivity index (χ3n) is 2.69. The van der Waals surface area contributed by atoms with Gasteiger partial charge in [0.15, 0.2) is 0 Å². The van der Waals surface area contributed by atoms with Gasteiger partial charge in [-0.2, -0.15) is 8.42 Å². The highest BCUT2D eigenvalue weighted by atomic mass is 79.9. The fraction of sp³-hybridized carbons (Fsp3) is 0.0625. The molecule has 0 bridgehead atoms. The third kappa shape index (κ3) is 7.73. The highest BCUT2D eigenvalue weighted by Gasteiger charge is 2.03. The van der Waals surface area contributed by atoms with Gasteiger partial charge in [-0.1, -0.05) is 46.3 Å². The van der Waals surface area contributed by atoms with Crippen LogP contribution in [-0.4, -0.2) is 18.9 Å². The summed E-state index contributed by atoms with van der Waals surface area (Å²) in [5, 5.41) is 0.752. The number of hydrogen-bond donors (Lipinski definition) is 2. The molecule has 0 atom stereocenters. The fourth-order valence-electron chi connectivity index (χ4n) is 1.63. The standard InChI is InChI=1S/C8H8BrNO.C8H8O3S/c1-5-4-6(9)2-3-7(5)8(10)11;9-12(10,11)7-6-8-4-2-1-3-5-8/h2-4H,1H3,(H2,10,11);1-7H,(H,9,10,11). The minimum absolute atomic E-state index is 0.380. The largest absolute Gasteiger partial charge is 0.366 e. The van der Waals surface area contributed by atoms with Crippen molar-refractivity contribution in [2.45, 2.75) is 6.92 Å². The van der Waals surface area contributed by atoms with Crippen LogP contribution in [0.5, 0.6) is 0 Å². The zero-order chi connectivity index (χ0) is 17.5. The van der Waals surface area contributed by atoms with Crippen LogP contribution in [0.3, 0.4) is 0 Å². The van der Waals surface area contributed by atoms with E-state index in [0.29, 0.717) is 5.56 Å². The molecule has 2 rings (SSSR count). The van der Waals surface area contributed by atoms with Crippen molar-refractivity contribution in [3.63, 3.8) is 0 Å². The molecule has 2 aromatic carbocycles. The first kappa shape index (κ1) is 19.1. The number of rotatable bonds is 3. The Morgan fingerprint density at radius 2 is 1.78 bits per heavy atom. The Labute approximate surface area is 143 Å². The van der Waals surface area contributed by atoms with Crippen molar-refractivity contribution in [1.82, 2.24) is 0 Å². The molecule has 0 aliphatic carbocycles. The van der Waals surface area contributed by atoms with Gasteiger partial charge in [0.05, 0.1) is 5.41 Å². The Balaban J connectivity index is 0.000000231. The average molecular weight is 398 g/mol. The first-order valence-corrected chi connectivity index (χ1v) is 8.75. The predicted molar refractivity (Wildman–Crippen MR) is 94.4 cm³/mol. The van der Waals surface area contributed by atoms with Crippen molar-refractivity contribution < 1.29 is 17.8 Å². The summed E-state index contributed by atoms with van der Waals surface area (Å²) in [5.41, 5.74) is 7.31. The van der Waals surface area contributed by atoms with Crippen LogP contribution in [0.25, 0.3) is 6.08 Å². The molecular weight excluding hydrogens is 382 g/mol. The van der Waals surface area contributed by atoms with Crippen LogP contribution < -0.4 is 5.73 Å². The molecule has 0 fully saturated rings. The van der Waals surface area contributed by atoms with Gasteiger partial charge < -0.3 is 5.73 Å². The summed E-state index contributed by atoms with van der Waals surface area (Å²) >= 11 is 3.29. The molecule has 122 valence electrons. The Morgan fingerprint density at radius 3 is 2.26 bits per heavy atom. The Hall–Kier alpha value is -1.96. The summed E-state index contributed by atoms with van der Waals surface area (Å²) in [6, 6.07) is 14.2. The van der Waals surface area contributed by atoms with Gasteiger partial charge in [-0.25, -0.2) is 0 Å². The molecule has 0 heterocycles. The number of amides is 1. The quantitative estimate of drug-likeness (QED) is 0.775. The minimum atomic E-state index is -4.00. The molecule has 0 saturated heterocycles. The van der Waals surface area contributed by atoms with Crippen LogP contribution in [0.4, 0.5) is 0 Å². The summed E-state index contributed by atoms with van der Waals surface area (Å²) in [4.78, 5) is 10.7. The maximum Gasteiger partial charge on any atom is 0.287 e. The molecule has 0 unspecified atom stereocenters. The molecule has 5 nitrogen and oxygen atoms in total. The van der Waals surface area contributed by atoms with Crippen molar-refractivity contribution in [1.29, 1.82) is 0 Å². The lowest BCUT2D eigenvalue weighted by molar-refractivity contribution is 0.0999. The van der Waals surface area contributed by atoms with Crippen molar-refractivity contribution in [2.75, 3.05) is 0 Å². The van der Waals surface area contributed by atoms with E-state index < -0.39 is 10.1 Å². The van der Waals surface area contributed by atoms with Crippen molar-refractivity contribution in [2.24, 2.45) is 5.73 Å². The Morgan fingerprint density at radius 1 is 1.17 bits per heavy atom. The number of hydrogen-bond acceptors (Lipinski definition) is 3. The zero-order valence-electron chi connectivity index (χ0n) is 12.3.